The van der Waals surface area contributed by atoms with Crippen LogP contribution < -0.4 is 16.4 Å². The van der Waals surface area contributed by atoms with Crippen molar-refractivity contribution in [2.45, 2.75) is 13.8 Å². The highest BCUT2D eigenvalue weighted by atomic mass is 16.2. The van der Waals surface area contributed by atoms with E-state index in [2.05, 4.69) is 10.6 Å². The number of amides is 2. The summed E-state index contributed by atoms with van der Waals surface area (Å²) < 4.78 is 0. The molecule has 5 nitrogen and oxygen atoms in total. The van der Waals surface area contributed by atoms with Crippen LogP contribution in [0.2, 0.25) is 0 Å². The maximum atomic E-state index is 11.7. The third-order valence-corrected chi connectivity index (χ3v) is 2.33. The maximum absolute atomic E-state index is 11.7. The van der Waals surface area contributed by atoms with Gasteiger partial charge in [-0.1, -0.05) is 6.07 Å². The largest absolute Gasteiger partial charge is 0.398 e. The number of hydrogen-bond acceptors (Lipinski definition) is 3. The molecule has 5 heteroatoms. The van der Waals surface area contributed by atoms with Crippen molar-refractivity contribution in [1.82, 2.24) is 10.6 Å². The molecule has 0 heterocycles. The Balaban J connectivity index is 2.47. The van der Waals surface area contributed by atoms with Crippen LogP contribution in [0.25, 0.3) is 0 Å². The van der Waals surface area contributed by atoms with Crippen molar-refractivity contribution in [3.8, 4) is 0 Å². The SMILES string of the molecule is CC(=O)NCCNC(=O)c1ccc(C)c(N)c1. The van der Waals surface area contributed by atoms with Gasteiger partial charge in [0, 0.05) is 31.3 Å². The number of rotatable bonds is 4. The fourth-order valence-corrected chi connectivity index (χ4v) is 1.30. The highest BCUT2D eigenvalue weighted by Gasteiger charge is 2.05. The van der Waals surface area contributed by atoms with Gasteiger partial charge in [0.05, 0.1) is 0 Å². The van der Waals surface area contributed by atoms with Crippen molar-refractivity contribution in [3.63, 3.8) is 0 Å². The van der Waals surface area contributed by atoms with E-state index in [1.54, 1.807) is 18.2 Å². The summed E-state index contributed by atoms with van der Waals surface area (Å²) in [5.74, 6) is -0.305. The number of carbonyl (C=O) groups excluding carboxylic acids is 2. The molecule has 0 fully saturated rings. The zero-order valence-corrected chi connectivity index (χ0v) is 10.0. The van der Waals surface area contributed by atoms with Gasteiger partial charge < -0.3 is 16.4 Å². The molecular formula is C12H17N3O2. The minimum atomic E-state index is -0.193. The molecule has 0 saturated carbocycles. The molecule has 92 valence electrons. The predicted octanol–water partition coefficient (Wildman–Crippen LogP) is 0.443. The lowest BCUT2D eigenvalue weighted by molar-refractivity contribution is -0.118. The second-order valence-electron chi connectivity index (χ2n) is 3.81. The molecule has 0 aliphatic heterocycles. The van der Waals surface area contributed by atoms with Crippen molar-refractivity contribution in [2.24, 2.45) is 0 Å². The average Bonchev–Trinajstić information content (AvgIpc) is 2.27. The summed E-state index contributed by atoms with van der Waals surface area (Å²) in [5, 5.41) is 5.29. The Hall–Kier alpha value is -2.04. The number of anilines is 1. The molecule has 0 aliphatic carbocycles. The van der Waals surface area contributed by atoms with E-state index in [-0.39, 0.29) is 11.8 Å². The fourth-order valence-electron chi connectivity index (χ4n) is 1.30. The standard InChI is InChI=1S/C12H17N3O2/c1-8-3-4-10(7-11(8)13)12(17)15-6-5-14-9(2)16/h3-4,7H,5-6,13H2,1-2H3,(H,14,16)(H,15,17). The summed E-state index contributed by atoms with van der Waals surface area (Å²) in [7, 11) is 0. The molecule has 0 spiro atoms. The molecule has 0 saturated heterocycles. The Morgan fingerprint density at radius 1 is 1.24 bits per heavy atom. The maximum Gasteiger partial charge on any atom is 0.251 e. The van der Waals surface area contributed by atoms with E-state index in [1.807, 2.05) is 6.92 Å². The predicted molar refractivity (Wildman–Crippen MR) is 66.6 cm³/mol. The topological polar surface area (TPSA) is 84.2 Å². The quantitative estimate of drug-likeness (QED) is 0.523. The van der Waals surface area contributed by atoms with Crippen molar-refractivity contribution in [1.29, 1.82) is 0 Å². The van der Waals surface area contributed by atoms with Gasteiger partial charge in [-0.3, -0.25) is 9.59 Å². The van der Waals surface area contributed by atoms with Crippen LogP contribution in [0.1, 0.15) is 22.8 Å². The molecular weight excluding hydrogens is 218 g/mol. The van der Waals surface area contributed by atoms with E-state index in [9.17, 15) is 9.59 Å². The molecule has 1 aromatic rings. The Morgan fingerprint density at radius 3 is 2.47 bits per heavy atom. The van der Waals surface area contributed by atoms with Gasteiger partial charge in [-0.25, -0.2) is 0 Å². The number of nitrogens with one attached hydrogen (secondary N) is 2. The van der Waals surface area contributed by atoms with E-state index in [4.69, 9.17) is 5.73 Å². The third-order valence-electron chi connectivity index (χ3n) is 2.33. The zero-order chi connectivity index (χ0) is 12.8. The second-order valence-corrected chi connectivity index (χ2v) is 3.81. The van der Waals surface area contributed by atoms with Crippen LogP contribution in [0.5, 0.6) is 0 Å². The number of benzene rings is 1. The Labute approximate surface area is 100 Å². The second kappa shape index (κ2) is 5.89. The summed E-state index contributed by atoms with van der Waals surface area (Å²) in [6.07, 6.45) is 0. The van der Waals surface area contributed by atoms with Gasteiger partial charge in [0.25, 0.3) is 5.91 Å². The van der Waals surface area contributed by atoms with Crippen LogP contribution in [0.15, 0.2) is 18.2 Å². The van der Waals surface area contributed by atoms with E-state index >= 15 is 0 Å². The lowest BCUT2D eigenvalue weighted by atomic mass is 10.1. The molecule has 0 atom stereocenters. The van der Waals surface area contributed by atoms with Gasteiger partial charge in [0.2, 0.25) is 5.91 Å². The Kier molecular flexibility index (Phi) is 4.51. The third kappa shape index (κ3) is 4.14. The summed E-state index contributed by atoms with van der Waals surface area (Å²) in [5.41, 5.74) is 7.78. The molecule has 0 aliphatic rings. The number of nitrogens with two attached hydrogens (primary N) is 1. The van der Waals surface area contributed by atoms with Gasteiger partial charge in [0.1, 0.15) is 0 Å². The van der Waals surface area contributed by atoms with Crippen LogP contribution in [0.3, 0.4) is 0 Å². The zero-order valence-electron chi connectivity index (χ0n) is 10.0. The first kappa shape index (κ1) is 13.0. The van der Waals surface area contributed by atoms with E-state index in [1.165, 1.54) is 6.92 Å². The number of aryl methyl sites for hydroxylation is 1. The van der Waals surface area contributed by atoms with E-state index in [0.717, 1.165) is 5.56 Å². The molecule has 4 N–H and O–H groups in total. The van der Waals surface area contributed by atoms with E-state index < -0.39 is 0 Å². The normalized spacial score (nSPS) is 9.76. The molecule has 1 aromatic carbocycles. The van der Waals surface area contributed by atoms with Gasteiger partial charge in [-0.15, -0.1) is 0 Å². The first-order valence-corrected chi connectivity index (χ1v) is 5.39. The average molecular weight is 235 g/mol. The fraction of sp³-hybridized carbons (Fsp3) is 0.333. The van der Waals surface area contributed by atoms with Crippen LogP contribution in [-0.2, 0) is 4.79 Å². The van der Waals surface area contributed by atoms with Crippen molar-refractivity contribution >= 4 is 17.5 Å². The summed E-state index contributed by atoms with van der Waals surface area (Å²) >= 11 is 0. The molecule has 2 amide bonds. The van der Waals surface area contributed by atoms with Crippen LogP contribution in [0.4, 0.5) is 5.69 Å². The van der Waals surface area contributed by atoms with Gasteiger partial charge >= 0.3 is 0 Å². The number of hydrogen-bond donors (Lipinski definition) is 3. The molecule has 0 radical (unpaired) electrons. The Bertz CT molecular complexity index is 430. The highest BCUT2D eigenvalue weighted by molar-refractivity contribution is 5.95. The lowest BCUT2D eigenvalue weighted by Gasteiger charge is -2.07. The summed E-state index contributed by atoms with van der Waals surface area (Å²) in [6.45, 7) is 4.13. The van der Waals surface area contributed by atoms with Gasteiger partial charge in [-0.2, -0.15) is 0 Å². The molecule has 0 bridgehead atoms. The monoisotopic (exact) mass is 235 g/mol. The first-order valence-electron chi connectivity index (χ1n) is 5.39. The lowest BCUT2D eigenvalue weighted by Crippen LogP contribution is -2.33. The highest BCUT2D eigenvalue weighted by Crippen LogP contribution is 2.12. The smallest absolute Gasteiger partial charge is 0.251 e. The number of nitrogen functional groups attached to an aromatic ring is 1. The number of carbonyl (C=O) groups is 2. The van der Waals surface area contributed by atoms with Gasteiger partial charge in [0.15, 0.2) is 0 Å². The minimum absolute atomic E-state index is 0.112. The molecule has 0 unspecified atom stereocenters. The van der Waals surface area contributed by atoms with Crippen LogP contribution in [0, 0.1) is 6.92 Å². The Morgan fingerprint density at radius 2 is 1.88 bits per heavy atom. The van der Waals surface area contributed by atoms with Crippen LogP contribution >= 0.6 is 0 Å². The van der Waals surface area contributed by atoms with Gasteiger partial charge in [-0.05, 0) is 24.6 Å². The van der Waals surface area contributed by atoms with Crippen molar-refractivity contribution in [2.75, 3.05) is 18.8 Å². The minimum Gasteiger partial charge on any atom is -0.398 e. The van der Waals surface area contributed by atoms with Crippen molar-refractivity contribution < 1.29 is 9.59 Å². The first-order chi connectivity index (χ1) is 8.00. The molecule has 0 aromatic heterocycles. The van der Waals surface area contributed by atoms with E-state index in [0.29, 0.717) is 24.3 Å². The summed E-state index contributed by atoms with van der Waals surface area (Å²) in [6, 6.07) is 5.17. The summed E-state index contributed by atoms with van der Waals surface area (Å²) in [4.78, 5) is 22.3. The van der Waals surface area contributed by atoms with Crippen molar-refractivity contribution in [3.05, 3.63) is 29.3 Å². The molecule has 1 rings (SSSR count). The molecule has 17 heavy (non-hydrogen) atoms. The van der Waals surface area contributed by atoms with Crippen LogP contribution in [-0.4, -0.2) is 24.9 Å².